The minimum Gasteiger partial charge on any atom is -0.480 e. The van der Waals surface area contributed by atoms with Crippen molar-refractivity contribution in [1.29, 1.82) is 0 Å². The lowest BCUT2D eigenvalue weighted by atomic mass is 10.1. The Morgan fingerprint density at radius 2 is 1.78 bits per heavy atom. The third-order valence-corrected chi connectivity index (χ3v) is 3.68. The molecule has 0 aliphatic rings. The number of hydrogen-bond donors (Lipinski definition) is 8. The molecule has 0 radical (unpaired) electrons. The molecule has 13 heteroatoms. The average Bonchev–Trinajstić information content (AvgIpc) is 2.60. The molecule has 0 aromatic rings. The second-order valence-electron chi connectivity index (χ2n) is 5.64. The van der Waals surface area contributed by atoms with Gasteiger partial charge in [0.05, 0.1) is 12.6 Å². The number of carbonyl (C=O) groups excluding carboxylic acids is 3. The highest BCUT2D eigenvalue weighted by molar-refractivity contribution is 7.80. The molecule has 0 fully saturated rings. The Labute approximate surface area is 162 Å². The van der Waals surface area contributed by atoms with Gasteiger partial charge in [-0.05, 0) is 19.8 Å². The molecule has 0 aliphatic heterocycles. The van der Waals surface area contributed by atoms with Crippen LogP contribution in [0.25, 0.3) is 0 Å². The van der Waals surface area contributed by atoms with E-state index in [2.05, 4.69) is 33.6 Å². The molecule has 0 aromatic heterocycles. The van der Waals surface area contributed by atoms with E-state index in [0.717, 1.165) is 0 Å². The lowest BCUT2D eigenvalue weighted by Gasteiger charge is -2.19. The Morgan fingerprint density at radius 1 is 1.15 bits per heavy atom. The number of aliphatic carboxylic acids is 1. The number of nitrogens with one attached hydrogen (secondary N) is 3. The SMILES string of the molecule is CC(NC(=O)CNC(=O)C(N)CS)C(=O)NC(CCCN=C(N)N)C(=O)O. The third-order valence-electron chi connectivity index (χ3n) is 3.29. The Hall–Kier alpha value is -2.54. The molecule has 0 bridgehead atoms. The minimum atomic E-state index is -1.22. The van der Waals surface area contributed by atoms with Crippen LogP contribution in [0.1, 0.15) is 19.8 Å². The van der Waals surface area contributed by atoms with Crippen LogP contribution in [0.4, 0.5) is 0 Å². The summed E-state index contributed by atoms with van der Waals surface area (Å²) in [6, 6.07) is -3.01. The van der Waals surface area contributed by atoms with E-state index in [9.17, 15) is 19.2 Å². The number of rotatable bonds is 12. The topological polar surface area (TPSA) is 215 Å². The number of carboxylic acids is 1. The normalized spacial score (nSPS) is 13.6. The molecule has 0 saturated carbocycles. The zero-order valence-corrected chi connectivity index (χ0v) is 15.9. The van der Waals surface area contributed by atoms with Gasteiger partial charge in [-0.3, -0.25) is 19.4 Å². The van der Waals surface area contributed by atoms with Crippen molar-refractivity contribution < 1.29 is 24.3 Å². The van der Waals surface area contributed by atoms with E-state index in [1.165, 1.54) is 6.92 Å². The number of carbonyl (C=O) groups is 4. The molecule has 3 atom stereocenters. The molecule has 154 valence electrons. The van der Waals surface area contributed by atoms with E-state index in [-0.39, 0.29) is 31.2 Å². The molecule has 3 amide bonds. The van der Waals surface area contributed by atoms with Crippen LogP contribution in [0, 0.1) is 0 Å². The van der Waals surface area contributed by atoms with Crippen molar-refractivity contribution in [1.82, 2.24) is 16.0 Å². The largest absolute Gasteiger partial charge is 0.480 e. The van der Waals surface area contributed by atoms with Gasteiger partial charge in [0.15, 0.2) is 5.96 Å². The number of hydrogen-bond acceptors (Lipinski definition) is 7. The van der Waals surface area contributed by atoms with Crippen LogP contribution in [-0.4, -0.2) is 71.7 Å². The van der Waals surface area contributed by atoms with Crippen LogP contribution in [-0.2, 0) is 19.2 Å². The first-order valence-corrected chi connectivity index (χ1v) is 8.73. The summed E-state index contributed by atoms with van der Waals surface area (Å²) in [7, 11) is 0. The van der Waals surface area contributed by atoms with Crippen LogP contribution in [0.5, 0.6) is 0 Å². The van der Waals surface area contributed by atoms with E-state index in [1.54, 1.807) is 0 Å². The molecule has 10 N–H and O–H groups in total. The van der Waals surface area contributed by atoms with Crippen molar-refractivity contribution in [2.75, 3.05) is 18.8 Å². The summed E-state index contributed by atoms with van der Waals surface area (Å²) in [5.41, 5.74) is 15.8. The first-order valence-electron chi connectivity index (χ1n) is 8.10. The summed E-state index contributed by atoms with van der Waals surface area (Å²) in [5.74, 6) is -3.08. The number of nitrogens with two attached hydrogens (primary N) is 3. The summed E-state index contributed by atoms with van der Waals surface area (Å²) in [6.07, 6.45) is 0.448. The van der Waals surface area contributed by atoms with Crippen LogP contribution in [0.15, 0.2) is 4.99 Å². The van der Waals surface area contributed by atoms with E-state index in [4.69, 9.17) is 22.3 Å². The van der Waals surface area contributed by atoms with Crippen molar-refractivity contribution >= 4 is 42.3 Å². The lowest BCUT2D eigenvalue weighted by Crippen LogP contribution is -2.52. The summed E-state index contributed by atoms with van der Waals surface area (Å²) in [4.78, 5) is 50.2. The van der Waals surface area contributed by atoms with Crippen LogP contribution < -0.4 is 33.2 Å². The van der Waals surface area contributed by atoms with Gasteiger partial charge in [0.2, 0.25) is 17.7 Å². The van der Waals surface area contributed by atoms with Gasteiger partial charge >= 0.3 is 5.97 Å². The monoisotopic (exact) mass is 405 g/mol. The van der Waals surface area contributed by atoms with E-state index in [1.807, 2.05) is 0 Å². The molecule has 0 saturated heterocycles. The number of amides is 3. The molecular weight excluding hydrogens is 378 g/mol. The highest BCUT2D eigenvalue weighted by atomic mass is 32.1. The number of aliphatic imine (C=N–C) groups is 1. The Balaban J connectivity index is 4.42. The van der Waals surface area contributed by atoms with Crippen molar-refractivity contribution in [3.8, 4) is 0 Å². The fraction of sp³-hybridized carbons (Fsp3) is 0.643. The van der Waals surface area contributed by atoms with E-state index < -0.39 is 41.8 Å². The van der Waals surface area contributed by atoms with Gasteiger partial charge in [0.25, 0.3) is 0 Å². The predicted octanol–water partition coefficient (Wildman–Crippen LogP) is -3.51. The number of nitrogens with zero attached hydrogens (tertiary/aromatic N) is 1. The Morgan fingerprint density at radius 3 is 2.30 bits per heavy atom. The fourth-order valence-corrected chi connectivity index (χ4v) is 1.96. The van der Waals surface area contributed by atoms with Gasteiger partial charge in [-0.1, -0.05) is 0 Å². The van der Waals surface area contributed by atoms with Gasteiger partial charge in [-0.15, -0.1) is 0 Å². The van der Waals surface area contributed by atoms with Gasteiger partial charge in [0.1, 0.15) is 12.1 Å². The van der Waals surface area contributed by atoms with Gasteiger partial charge in [-0.25, -0.2) is 4.79 Å². The summed E-state index contributed by atoms with van der Waals surface area (Å²) < 4.78 is 0. The van der Waals surface area contributed by atoms with Crippen molar-refractivity contribution in [3.63, 3.8) is 0 Å². The average molecular weight is 405 g/mol. The predicted molar refractivity (Wildman–Crippen MR) is 102 cm³/mol. The Bertz CT molecular complexity index is 568. The van der Waals surface area contributed by atoms with E-state index in [0.29, 0.717) is 6.42 Å². The highest BCUT2D eigenvalue weighted by Gasteiger charge is 2.23. The molecule has 3 unspecified atom stereocenters. The molecule has 0 aromatic carbocycles. The quantitative estimate of drug-likeness (QED) is 0.0703. The van der Waals surface area contributed by atoms with Crippen LogP contribution >= 0.6 is 12.6 Å². The van der Waals surface area contributed by atoms with Crippen molar-refractivity contribution in [3.05, 3.63) is 0 Å². The number of thiol groups is 1. The van der Waals surface area contributed by atoms with E-state index >= 15 is 0 Å². The molecule has 0 heterocycles. The maximum Gasteiger partial charge on any atom is 0.326 e. The number of carboxylic acid groups (broad SMARTS) is 1. The maximum absolute atomic E-state index is 12.1. The van der Waals surface area contributed by atoms with Crippen LogP contribution in [0.3, 0.4) is 0 Å². The zero-order valence-electron chi connectivity index (χ0n) is 15.0. The first-order chi connectivity index (χ1) is 12.6. The lowest BCUT2D eigenvalue weighted by molar-refractivity contribution is -0.142. The fourth-order valence-electron chi connectivity index (χ4n) is 1.80. The minimum absolute atomic E-state index is 0.107. The third kappa shape index (κ3) is 10.9. The number of guanidine groups is 1. The molecule has 0 rings (SSSR count). The second kappa shape index (κ2) is 12.8. The second-order valence-corrected chi connectivity index (χ2v) is 6.01. The molecular formula is C14H27N7O5S. The zero-order chi connectivity index (χ0) is 21.0. The molecule has 0 spiro atoms. The van der Waals surface area contributed by atoms with Crippen molar-refractivity contribution in [2.45, 2.75) is 37.9 Å². The molecule has 27 heavy (non-hydrogen) atoms. The van der Waals surface area contributed by atoms with Crippen LogP contribution in [0.2, 0.25) is 0 Å². The summed E-state index contributed by atoms with van der Waals surface area (Å²) in [5, 5.41) is 16.1. The van der Waals surface area contributed by atoms with Gasteiger partial charge in [0, 0.05) is 12.3 Å². The molecule has 12 nitrogen and oxygen atoms in total. The smallest absolute Gasteiger partial charge is 0.326 e. The summed E-state index contributed by atoms with van der Waals surface area (Å²) >= 11 is 3.86. The Kier molecular flexibility index (Phi) is 11.6. The van der Waals surface area contributed by atoms with Gasteiger partial charge < -0.3 is 38.3 Å². The van der Waals surface area contributed by atoms with Crippen molar-refractivity contribution in [2.24, 2.45) is 22.2 Å². The highest BCUT2D eigenvalue weighted by Crippen LogP contribution is 1.99. The van der Waals surface area contributed by atoms with Gasteiger partial charge in [-0.2, -0.15) is 12.6 Å². The molecule has 0 aliphatic carbocycles. The maximum atomic E-state index is 12.1. The first kappa shape index (κ1) is 24.5. The summed E-state index contributed by atoms with van der Waals surface area (Å²) in [6.45, 7) is 1.23. The standard InChI is InChI=1S/C14H27N7O5S/c1-7(20-10(22)5-19-12(24)8(15)6-27)11(23)21-9(13(25)26)3-2-4-18-14(16)17/h7-9,27H,2-6,15H2,1H3,(H,19,24)(H,20,22)(H,21,23)(H,25,26)(H4,16,17,18).